The van der Waals surface area contributed by atoms with E-state index >= 15 is 0 Å². The van der Waals surface area contributed by atoms with Crippen molar-refractivity contribution in [3.63, 3.8) is 0 Å². The van der Waals surface area contributed by atoms with Crippen molar-refractivity contribution in [3.8, 4) is 5.75 Å². The molecule has 27 heavy (non-hydrogen) atoms. The lowest BCUT2D eigenvalue weighted by Gasteiger charge is -2.26. The van der Waals surface area contributed by atoms with E-state index in [1.165, 1.54) is 50.5 Å². The number of hydrogen-bond donors (Lipinski definition) is 1. The Labute approximate surface area is 164 Å². The van der Waals surface area contributed by atoms with Crippen LogP contribution >= 0.6 is 0 Å². The van der Waals surface area contributed by atoms with E-state index < -0.39 is 0 Å². The first-order valence-electron chi connectivity index (χ1n) is 10.7. The average molecular weight is 364 g/mol. The molecule has 1 fully saturated rings. The lowest BCUT2D eigenvalue weighted by Crippen LogP contribution is -2.21. The Kier molecular flexibility index (Phi) is 5.83. The Balaban J connectivity index is 1.36. The highest BCUT2D eigenvalue weighted by Gasteiger charge is 2.26. The highest BCUT2D eigenvalue weighted by Crippen LogP contribution is 2.37. The molecule has 1 saturated carbocycles. The third-order valence-corrected chi connectivity index (χ3v) is 6.85. The zero-order valence-corrected chi connectivity index (χ0v) is 16.8. The smallest absolute Gasteiger partial charge is 0.119 e. The first-order chi connectivity index (χ1) is 13.2. The summed E-state index contributed by atoms with van der Waals surface area (Å²) in [5.41, 5.74) is 6.21. The van der Waals surface area contributed by atoms with Gasteiger partial charge < -0.3 is 10.1 Å². The average Bonchev–Trinajstić information content (AvgIpc) is 3.21. The Hall–Kier alpha value is -1.80. The van der Waals surface area contributed by atoms with E-state index in [1.807, 2.05) is 6.07 Å². The third-order valence-electron chi connectivity index (χ3n) is 6.85. The van der Waals surface area contributed by atoms with Crippen LogP contribution in [0.25, 0.3) is 0 Å². The predicted molar refractivity (Wildman–Crippen MR) is 113 cm³/mol. The minimum absolute atomic E-state index is 0.715. The van der Waals surface area contributed by atoms with Crippen LogP contribution < -0.4 is 10.1 Å². The lowest BCUT2D eigenvalue weighted by atomic mass is 9.79. The van der Waals surface area contributed by atoms with Crippen molar-refractivity contribution in [3.05, 3.63) is 64.7 Å². The largest absolute Gasteiger partial charge is 0.497 e. The van der Waals surface area contributed by atoms with E-state index in [0.29, 0.717) is 6.04 Å². The van der Waals surface area contributed by atoms with Gasteiger partial charge >= 0.3 is 0 Å². The number of nitrogens with one attached hydrogen (secondary N) is 1. The van der Waals surface area contributed by atoms with Gasteiger partial charge in [-0.25, -0.2) is 0 Å². The molecule has 2 aromatic carbocycles. The van der Waals surface area contributed by atoms with Crippen LogP contribution in [-0.2, 0) is 19.3 Å². The van der Waals surface area contributed by atoms with Crippen LogP contribution in [0, 0.1) is 5.92 Å². The molecule has 0 saturated heterocycles. The molecule has 2 heteroatoms. The summed E-state index contributed by atoms with van der Waals surface area (Å²) >= 11 is 0. The van der Waals surface area contributed by atoms with Crippen molar-refractivity contribution in [2.45, 2.75) is 63.3 Å². The van der Waals surface area contributed by atoms with Gasteiger partial charge in [0.25, 0.3) is 0 Å². The number of ether oxygens (including phenoxy) is 1. The maximum Gasteiger partial charge on any atom is 0.119 e. The minimum atomic E-state index is 0.715. The zero-order valence-electron chi connectivity index (χ0n) is 16.8. The molecule has 144 valence electrons. The highest BCUT2D eigenvalue weighted by atomic mass is 16.5. The predicted octanol–water partition coefficient (Wildman–Crippen LogP) is 5.29. The van der Waals surface area contributed by atoms with Crippen molar-refractivity contribution in [2.24, 2.45) is 5.92 Å². The van der Waals surface area contributed by atoms with E-state index in [-0.39, 0.29) is 0 Å². The Morgan fingerprint density at radius 1 is 1.04 bits per heavy atom. The number of hydrogen-bond acceptors (Lipinski definition) is 2. The van der Waals surface area contributed by atoms with Crippen LogP contribution in [0.1, 0.15) is 60.3 Å². The van der Waals surface area contributed by atoms with Crippen molar-refractivity contribution in [1.82, 2.24) is 5.32 Å². The van der Waals surface area contributed by atoms with Gasteiger partial charge in [-0.3, -0.25) is 0 Å². The number of rotatable bonds is 6. The van der Waals surface area contributed by atoms with Crippen molar-refractivity contribution in [2.75, 3.05) is 14.2 Å². The molecule has 3 atom stereocenters. The van der Waals surface area contributed by atoms with Gasteiger partial charge in [0.1, 0.15) is 5.75 Å². The van der Waals surface area contributed by atoms with E-state index in [2.05, 4.69) is 48.8 Å². The Morgan fingerprint density at radius 3 is 2.78 bits per heavy atom. The van der Waals surface area contributed by atoms with E-state index in [9.17, 15) is 0 Å². The second kappa shape index (κ2) is 8.48. The van der Waals surface area contributed by atoms with Crippen LogP contribution in [0.4, 0.5) is 0 Å². The molecule has 2 aliphatic rings. The molecule has 2 nitrogen and oxygen atoms in total. The quantitative estimate of drug-likeness (QED) is 0.753. The molecule has 0 bridgehead atoms. The van der Waals surface area contributed by atoms with Gasteiger partial charge in [-0.15, -0.1) is 0 Å². The molecule has 0 aromatic heterocycles. The van der Waals surface area contributed by atoms with E-state index in [0.717, 1.165) is 24.0 Å². The van der Waals surface area contributed by atoms with E-state index in [4.69, 9.17) is 4.74 Å². The molecule has 0 spiro atoms. The molecule has 2 aromatic rings. The molecule has 0 heterocycles. The molecule has 0 radical (unpaired) electrons. The molecular formula is C25H33NO. The first kappa shape index (κ1) is 18.6. The summed E-state index contributed by atoms with van der Waals surface area (Å²) in [7, 11) is 3.85. The summed E-state index contributed by atoms with van der Waals surface area (Å²) in [4.78, 5) is 0. The summed E-state index contributed by atoms with van der Waals surface area (Å²) in [6, 6.07) is 16.7. The summed E-state index contributed by atoms with van der Waals surface area (Å²) in [5.74, 6) is 2.55. The van der Waals surface area contributed by atoms with Crippen LogP contribution in [0.5, 0.6) is 5.75 Å². The first-order valence-corrected chi connectivity index (χ1v) is 10.7. The lowest BCUT2D eigenvalue weighted by molar-refractivity contribution is 0.411. The molecule has 4 rings (SSSR count). The van der Waals surface area contributed by atoms with Crippen LogP contribution in [0.2, 0.25) is 0 Å². The number of benzene rings is 2. The monoisotopic (exact) mass is 363 g/mol. The van der Waals surface area contributed by atoms with Gasteiger partial charge in [0, 0.05) is 6.04 Å². The fourth-order valence-electron chi connectivity index (χ4n) is 5.10. The second-order valence-corrected chi connectivity index (χ2v) is 8.52. The summed E-state index contributed by atoms with van der Waals surface area (Å²) < 4.78 is 5.36. The fraction of sp³-hybridized carbons (Fsp3) is 0.520. The molecule has 0 amide bonds. The van der Waals surface area contributed by atoms with Gasteiger partial charge in [0.2, 0.25) is 0 Å². The van der Waals surface area contributed by atoms with Crippen molar-refractivity contribution in [1.29, 1.82) is 0 Å². The molecular weight excluding hydrogens is 330 g/mol. The van der Waals surface area contributed by atoms with Crippen LogP contribution in [0.3, 0.4) is 0 Å². The summed E-state index contributed by atoms with van der Waals surface area (Å²) in [6.45, 7) is 0. The maximum atomic E-state index is 5.36. The third kappa shape index (κ3) is 4.38. The SMILES string of the molecule is CN[C@@H]1CC[C@@H](c2ccc3c(c2)CC[C@H](CCc2cccc(OC)c2)C3)C1. The van der Waals surface area contributed by atoms with Gasteiger partial charge in [-0.05, 0) is 105 Å². The van der Waals surface area contributed by atoms with Crippen molar-refractivity contribution >= 4 is 0 Å². The standard InChI is InChI=1S/C25H33NO/c1-26-24-13-12-23(17-24)22-11-10-20-14-19(8-9-21(20)16-22)7-6-18-4-3-5-25(15-18)27-2/h3-5,10-11,15-16,19,23-24,26H,6-9,12-14,17H2,1-2H3/t19-,23+,24+/m0/s1. The number of methoxy groups -OCH3 is 1. The highest BCUT2D eigenvalue weighted by molar-refractivity contribution is 5.36. The normalized spacial score (nSPS) is 24.6. The van der Waals surface area contributed by atoms with Crippen LogP contribution in [0.15, 0.2) is 42.5 Å². The molecule has 2 aliphatic carbocycles. The molecule has 1 N–H and O–H groups in total. The number of fused-ring (bicyclic) bond motifs is 1. The Bertz CT molecular complexity index is 769. The maximum absolute atomic E-state index is 5.36. The summed E-state index contributed by atoms with van der Waals surface area (Å²) in [6.07, 6.45) is 10.3. The number of aryl methyl sites for hydroxylation is 2. The Morgan fingerprint density at radius 2 is 1.96 bits per heavy atom. The van der Waals surface area contributed by atoms with E-state index in [1.54, 1.807) is 23.8 Å². The van der Waals surface area contributed by atoms with Gasteiger partial charge in [0.05, 0.1) is 7.11 Å². The van der Waals surface area contributed by atoms with Gasteiger partial charge in [-0.1, -0.05) is 30.3 Å². The van der Waals surface area contributed by atoms with Crippen LogP contribution in [-0.4, -0.2) is 20.2 Å². The van der Waals surface area contributed by atoms with Gasteiger partial charge in [-0.2, -0.15) is 0 Å². The molecule has 0 aliphatic heterocycles. The summed E-state index contributed by atoms with van der Waals surface area (Å²) in [5, 5.41) is 3.46. The topological polar surface area (TPSA) is 21.3 Å². The van der Waals surface area contributed by atoms with Gasteiger partial charge in [0.15, 0.2) is 0 Å². The fourth-order valence-corrected chi connectivity index (χ4v) is 5.10. The molecule has 0 unspecified atom stereocenters. The zero-order chi connectivity index (χ0) is 18.6. The minimum Gasteiger partial charge on any atom is -0.497 e. The van der Waals surface area contributed by atoms with Crippen molar-refractivity contribution < 1.29 is 4.74 Å². The second-order valence-electron chi connectivity index (χ2n) is 8.52.